The minimum atomic E-state index is -1.78. The lowest BCUT2D eigenvalue weighted by atomic mass is 9.99. The van der Waals surface area contributed by atoms with Crippen molar-refractivity contribution in [1.82, 2.24) is 0 Å². The van der Waals surface area contributed by atoms with Crippen molar-refractivity contribution in [3.8, 4) is 0 Å². The van der Waals surface area contributed by atoms with Gasteiger partial charge in [0.25, 0.3) is 0 Å². The Morgan fingerprint density at radius 2 is 1.87 bits per heavy atom. The number of aliphatic hydroxyl groups is 1. The van der Waals surface area contributed by atoms with Crippen molar-refractivity contribution in [3.63, 3.8) is 0 Å². The van der Waals surface area contributed by atoms with Crippen molar-refractivity contribution in [1.29, 1.82) is 0 Å². The summed E-state index contributed by atoms with van der Waals surface area (Å²) in [5.41, 5.74) is 0. The number of rotatable bonds is 6. The molecule has 0 unspecified atom stereocenters. The molecule has 0 saturated heterocycles. The van der Waals surface area contributed by atoms with Gasteiger partial charge in [-0.1, -0.05) is 33.8 Å². The van der Waals surface area contributed by atoms with Crippen molar-refractivity contribution in [2.24, 2.45) is 5.92 Å². The second-order valence-electron chi connectivity index (χ2n) is 5.50. The average Bonchev–Trinajstić information content (AvgIpc) is 2.13. The van der Waals surface area contributed by atoms with Gasteiger partial charge < -0.3 is 9.53 Å². The highest BCUT2D eigenvalue weighted by atomic mass is 28.4. The van der Waals surface area contributed by atoms with Gasteiger partial charge in [-0.3, -0.25) is 0 Å². The van der Waals surface area contributed by atoms with E-state index < -0.39 is 14.4 Å². The van der Waals surface area contributed by atoms with E-state index in [0.717, 1.165) is 0 Å². The van der Waals surface area contributed by atoms with E-state index in [2.05, 4.69) is 47.4 Å². The Labute approximate surface area is 95.5 Å². The van der Waals surface area contributed by atoms with Crippen LogP contribution in [-0.4, -0.2) is 26.1 Å². The third-order valence-electron chi connectivity index (χ3n) is 3.88. The molecule has 0 aliphatic rings. The number of aliphatic hydroxyl groups excluding tert-OH is 1. The average molecular weight is 230 g/mol. The maximum Gasteiger partial charge on any atom is 0.192 e. The third-order valence-corrected chi connectivity index (χ3v) is 8.45. The summed E-state index contributed by atoms with van der Waals surface area (Å²) in [5, 5.41) is 9.61. The summed E-state index contributed by atoms with van der Waals surface area (Å²) in [5.74, 6) is 0.583. The fourth-order valence-corrected chi connectivity index (χ4v) is 3.59. The normalized spacial score (nSPS) is 15.5. The van der Waals surface area contributed by atoms with Gasteiger partial charge in [0.05, 0.1) is 12.7 Å². The molecule has 0 spiro atoms. The summed E-state index contributed by atoms with van der Waals surface area (Å²) >= 11 is 0. The van der Waals surface area contributed by atoms with Crippen molar-refractivity contribution in [2.45, 2.75) is 51.9 Å². The SMILES string of the molecule is C=C[C@H](O)CO[Si](C)(C)C(C)(C)C(C)C. The summed E-state index contributed by atoms with van der Waals surface area (Å²) in [6, 6.07) is 0. The topological polar surface area (TPSA) is 29.5 Å². The second kappa shape index (κ2) is 5.28. The number of hydrogen-bond acceptors (Lipinski definition) is 2. The molecular weight excluding hydrogens is 204 g/mol. The van der Waals surface area contributed by atoms with Crippen LogP contribution in [0.2, 0.25) is 18.1 Å². The molecule has 15 heavy (non-hydrogen) atoms. The lowest BCUT2D eigenvalue weighted by molar-refractivity contribution is 0.132. The molecule has 3 heteroatoms. The molecule has 0 radical (unpaired) electrons. The van der Waals surface area contributed by atoms with Crippen LogP contribution >= 0.6 is 0 Å². The highest BCUT2D eigenvalue weighted by molar-refractivity contribution is 6.74. The van der Waals surface area contributed by atoms with Crippen molar-refractivity contribution < 1.29 is 9.53 Å². The monoisotopic (exact) mass is 230 g/mol. The summed E-state index contributed by atoms with van der Waals surface area (Å²) < 4.78 is 5.93. The molecule has 0 aliphatic carbocycles. The maximum absolute atomic E-state index is 9.40. The van der Waals surface area contributed by atoms with Gasteiger partial charge in [-0.05, 0) is 24.1 Å². The molecule has 0 heterocycles. The van der Waals surface area contributed by atoms with Crippen molar-refractivity contribution in [2.75, 3.05) is 6.61 Å². The molecule has 0 aromatic heterocycles. The Bertz CT molecular complexity index is 210. The standard InChI is InChI=1S/C12H26O2Si/c1-8-11(13)9-14-15(6,7)12(4,5)10(2)3/h8,10-11,13H,1,9H2,2-7H3/t11-/m0/s1. The van der Waals surface area contributed by atoms with Crippen LogP contribution in [0.1, 0.15) is 27.7 Å². The summed E-state index contributed by atoms with van der Waals surface area (Å²) in [6.45, 7) is 17.3. The summed E-state index contributed by atoms with van der Waals surface area (Å²) in [6.07, 6.45) is 0.979. The Morgan fingerprint density at radius 3 is 2.20 bits per heavy atom. The van der Waals surface area contributed by atoms with Gasteiger partial charge in [0.15, 0.2) is 8.32 Å². The number of hydrogen-bond donors (Lipinski definition) is 1. The smallest absolute Gasteiger partial charge is 0.192 e. The van der Waals surface area contributed by atoms with Crippen LogP contribution in [0, 0.1) is 5.92 Å². The van der Waals surface area contributed by atoms with Crippen LogP contribution in [-0.2, 0) is 4.43 Å². The molecule has 1 atom stereocenters. The Balaban J connectivity index is 4.47. The van der Waals surface area contributed by atoms with Gasteiger partial charge in [-0.2, -0.15) is 0 Å². The van der Waals surface area contributed by atoms with Crippen LogP contribution in [0.15, 0.2) is 12.7 Å². The molecule has 90 valence electrons. The highest BCUT2D eigenvalue weighted by Crippen LogP contribution is 2.44. The molecule has 2 nitrogen and oxygen atoms in total. The van der Waals surface area contributed by atoms with Crippen LogP contribution in [0.5, 0.6) is 0 Å². The van der Waals surface area contributed by atoms with Gasteiger partial charge in [0.2, 0.25) is 0 Å². The first-order chi connectivity index (χ1) is 6.65. The van der Waals surface area contributed by atoms with E-state index in [1.165, 1.54) is 6.08 Å². The van der Waals surface area contributed by atoms with Crippen molar-refractivity contribution in [3.05, 3.63) is 12.7 Å². The largest absolute Gasteiger partial charge is 0.414 e. The lowest BCUT2D eigenvalue weighted by Gasteiger charge is -2.42. The summed E-state index contributed by atoms with van der Waals surface area (Å²) in [7, 11) is -1.78. The molecule has 0 aromatic carbocycles. The molecule has 0 saturated carbocycles. The van der Waals surface area contributed by atoms with Crippen LogP contribution < -0.4 is 0 Å². The zero-order chi connectivity index (χ0) is 12.3. The third kappa shape index (κ3) is 3.74. The predicted molar refractivity (Wildman–Crippen MR) is 68.5 cm³/mol. The predicted octanol–water partition coefficient (Wildman–Crippen LogP) is 3.19. The van der Waals surface area contributed by atoms with Gasteiger partial charge >= 0.3 is 0 Å². The zero-order valence-corrected chi connectivity index (χ0v) is 12.0. The molecular formula is C12H26O2Si. The maximum atomic E-state index is 9.40. The second-order valence-corrected chi connectivity index (χ2v) is 10.1. The molecule has 0 rings (SSSR count). The fraction of sp³-hybridized carbons (Fsp3) is 0.833. The van der Waals surface area contributed by atoms with E-state index in [1.807, 2.05) is 0 Å². The Hall–Kier alpha value is -0.123. The first-order valence-electron chi connectivity index (χ1n) is 5.59. The van der Waals surface area contributed by atoms with E-state index in [4.69, 9.17) is 4.43 Å². The molecule has 0 amide bonds. The van der Waals surface area contributed by atoms with E-state index in [-0.39, 0.29) is 5.04 Å². The van der Waals surface area contributed by atoms with Gasteiger partial charge in [-0.15, -0.1) is 6.58 Å². The summed E-state index contributed by atoms with van der Waals surface area (Å²) in [4.78, 5) is 0. The Kier molecular flexibility index (Phi) is 5.24. The fourth-order valence-electron chi connectivity index (χ4n) is 1.24. The molecule has 0 bridgehead atoms. The van der Waals surface area contributed by atoms with E-state index in [9.17, 15) is 5.11 Å². The highest BCUT2D eigenvalue weighted by Gasteiger charge is 2.43. The molecule has 0 fully saturated rings. The first kappa shape index (κ1) is 14.9. The van der Waals surface area contributed by atoms with E-state index in [0.29, 0.717) is 12.5 Å². The van der Waals surface area contributed by atoms with Crippen LogP contribution in [0.3, 0.4) is 0 Å². The lowest BCUT2D eigenvalue weighted by Crippen LogP contribution is -2.46. The first-order valence-corrected chi connectivity index (χ1v) is 8.50. The van der Waals surface area contributed by atoms with Crippen LogP contribution in [0.4, 0.5) is 0 Å². The minimum absolute atomic E-state index is 0.202. The van der Waals surface area contributed by atoms with E-state index in [1.54, 1.807) is 0 Å². The quantitative estimate of drug-likeness (QED) is 0.561. The van der Waals surface area contributed by atoms with Crippen LogP contribution in [0.25, 0.3) is 0 Å². The van der Waals surface area contributed by atoms with Gasteiger partial charge in [0.1, 0.15) is 0 Å². The molecule has 0 aromatic rings. The molecule has 0 aliphatic heterocycles. The Morgan fingerprint density at radius 1 is 1.40 bits per heavy atom. The molecule has 1 N–H and O–H groups in total. The van der Waals surface area contributed by atoms with E-state index >= 15 is 0 Å². The van der Waals surface area contributed by atoms with Gasteiger partial charge in [-0.25, -0.2) is 0 Å². The zero-order valence-electron chi connectivity index (χ0n) is 11.0. The van der Waals surface area contributed by atoms with Crippen molar-refractivity contribution >= 4 is 8.32 Å². The van der Waals surface area contributed by atoms with Gasteiger partial charge in [0, 0.05) is 0 Å². The minimum Gasteiger partial charge on any atom is -0.414 e.